The zero-order valence-electron chi connectivity index (χ0n) is 6.71. The maximum Gasteiger partial charge on any atom is 0.220 e. The Bertz CT molecular complexity index is 280. The van der Waals surface area contributed by atoms with Crippen LogP contribution in [0.25, 0.3) is 0 Å². The molecule has 12 heavy (non-hydrogen) atoms. The lowest BCUT2D eigenvalue weighted by Gasteiger charge is -2.01. The molecule has 2 heterocycles. The van der Waals surface area contributed by atoms with Crippen LogP contribution in [0.2, 0.25) is 0 Å². The van der Waals surface area contributed by atoms with E-state index in [0.29, 0.717) is 13.0 Å². The fourth-order valence-electron chi connectivity index (χ4n) is 1.39. The molecule has 2 rings (SSSR count). The second kappa shape index (κ2) is 2.93. The van der Waals surface area contributed by atoms with Crippen LogP contribution < -0.4 is 5.32 Å². The van der Waals surface area contributed by atoms with E-state index >= 15 is 0 Å². The highest BCUT2D eigenvalue weighted by Gasteiger charge is 2.10. The van der Waals surface area contributed by atoms with Crippen molar-refractivity contribution in [2.24, 2.45) is 0 Å². The van der Waals surface area contributed by atoms with E-state index in [-0.39, 0.29) is 5.91 Å². The molecule has 3 heteroatoms. The van der Waals surface area contributed by atoms with Crippen LogP contribution in [0.3, 0.4) is 0 Å². The fourth-order valence-corrected chi connectivity index (χ4v) is 1.39. The summed E-state index contributed by atoms with van der Waals surface area (Å²) >= 11 is 0. The van der Waals surface area contributed by atoms with Crippen LogP contribution in [0.1, 0.15) is 17.5 Å². The Labute approximate surface area is 70.8 Å². The molecule has 0 bridgehead atoms. The average molecular weight is 162 g/mol. The minimum absolute atomic E-state index is 0.131. The largest absolute Gasteiger partial charge is 0.352 e. The van der Waals surface area contributed by atoms with Crippen molar-refractivity contribution in [2.45, 2.75) is 19.4 Å². The number of hydrogen-bond acceptors (Lipinski definition) is 2. The van der Waals surface area contributed by atoms with Crippen molar-refractivity contribution < 1.29 is 4.79 Å². The predicted octanol–water partition coefficient (Wildman–Crippen LogP) is 0.644. The predicted molar refractivity (Wildman–Crippen MR) is 44.4 cm³/mol. The van der Waals surface area contributed by atoms with Crippen molar-refractivity contribution in [3.63, 3.8) is 0 Å². The van der Waals surface area contributed by atoms with Crippen molar-refractivity contribution in [1.82, 2.24) is 10.3 Å². The Morgan fingerprint density at radius 3 is 3.17 bits per heavy atom. The smallest absolute Gasteiger partial charge is 0.220 e. The lowest BCUT2D eigenvalue weighted by molar-refractivity contribution is -0.121. The normalized spacial score (nSPS) is 16.2. The van der Waals surface area contributed by atoms with Crippen LogP contribution >= 0.6 is 0 Å². The molecule has 0 aromatic carbocycles. The first-order valence-electron chi connectivity index (χ1n) is 4.05. The molecule has 0 fully saturated rings. The van der Waals surface area contributed by atoms with Crippen LogP contribution in [-0.2, 0) is 17.8 Å². The summed E-state index contributed by atoms with van der Waals surface area (Å²) in [4.78, 5) is 15.0. The maximum absolute atomic E-state index is 11.0. The van der Waals surface area contributed by atoms with E-state index in [1.807, 2.05) is 12.3 Å². The Kier molecular flexibility index (Phi) is 1.78. The molecule has 0 spiro atoms. The summed E-state index contributed by atoms with van der Waals surface area (Å²) in [5.74, 6) is 0.131. The van der Waals surface area contributed by atoms with Crippen LogP contribution in [-0.4, -0.2) is 10.9 Å². The molecule has 1 aliphatic rings. The van der Waals surface area contributed by atoms with Gasteiger partial charge < -0.3 is 5.32 Å². The van der Waals surface area contributed by atoms with Gasteiger partial charge in [0.15, 0.2) is 0 Å². The number of aryl methyl sites for hydroxylation is 1. The number of rotatable bonds is 0. The number of aromatic nitrogens is 1. The minimum atomic E-state index is 0.131. The summed E-state index contributed by atoms with van der Waals surface area (Å²) in [7, 11) is 0. The van der Waals surface area contributed by atoms with E-state index in [1.54, 1.807) is 6.20 Å². The van der Waals surface area contributed by atoms with Gasteiger partial charge in [0.1, 0.15) is 0 Å². The molecule has 0 atom stereocenters. The van der Waals surface area contributed by atoms with Gasteiger partial charge in [0.25, 0.3) is 0 Å². The maximum atomic E-state index is 11.0. The number of carbonyl (C=O) groups excluding carboxylic acids is 1. The lowest BCUT2D eigenvalue weighted by Crippen LogP contribution is -2.20. The summed E-state index contributed by atoms with van der Waals surface area (Å²) in [6.07, 6.45) is 5.02. The Morgan fingerprint density at radius 1 is 1.33 bits per heavy atom. The van der Waals surface area contributed by atoms with E-state index in [4.69, 9.17) is 0 Å². The molecule has 62 valence electrons. The summed E-state index contributed by atoms with van der Waals surface area (Å²) in [5.41, 5.74) is 2.38. The van der Waals surface area contributed by atoms with E-state index in [1.165, 1.54) is 5.56 Å². The zero-order chi connectivity index (χ0) is 8.39. The molecule has 0 unspecified atom stereocenters. The number of pyridine rings is 1. The van der Waals surface area contributed by atoms with Gasteiger partial charge >= 0.3 is 0 Å². The first-order valence-corrected chi connectivity index (χ1v) is 4.05. The van der Waals surface area contributed by atoms with Crippen molar-refractivity contribution >= 4 is 5.91 Å². The average Bonchev–Trinajstić information content (AvgIpc) is 2.29. The van der Waals surface area contributed by atoms with E-state index in [0.717, 1.165) is 12.0 Å². The van der Waals surface area contributed by atoms with E-state index < -0.39 is 0 Å². The summed E-state index contributed by atoms with van der Waals surface area (Å²) in [6.45, 7) is 0.627. The number of carbonyl (C=O) groups is 1. The van der Waals surface area contributed by atoms with Gasteiger partial charge in [-0.2, -0.15) is 0 Å². The Morgan fingerprint density at radius 2 is 2.25 bits per heavy atom. The second-order valence-corrected chi connectivity index (χ2v) is 2.92. The first kappa shape index (κ1) is 7.28. The molecule has 1 N–H and O–H groups in total. The van der Waals surface area contributed by atoms with Gasteiger partial charge in [0.2, 0.25) is 5.91 Å². The quantitative estimate of drug-likeness (QED) is 0.608. The minimum Gasteiger partial charge on any atom is -0.352 e. The van der Waals surface area contributed by atoms with Crippen LogP contribution in [0, 0.1) is 0 Å². The highest BCUT2D eigenvalue weighted by atomic mass is 16.1. The van der Waals surface area contributed by atoms with Crippen LogP contribution in [0.15, 0.2) is 18.5 Å². The highest BCUT2D eigenvalue weighted by molar-refractivity contribution is 5.76. The number of fused-ring (bicyclic) bond motifs is 1. The van der Waals surface area contributed by atoms with Crippen LogP contribution in [0.5, 0.6) is 0 Å². The van der Waals surface area contributed by atoms with Gasteiger partial charge in [-0.1, -0.05) is 0 Å². The molecule has 1 aliphatic heterocycles. The standard InChI is InChI=1S/C9H10N2O/c12-9-2-1-7-3-4-10-5-8(7)6-11-9/h3-5H,1-2,6H2,(H,11,12). The first-order chi connectivity index (χ1) is 5.86. The van der Waals surface area contributed by atoms with Gasteiger partial charge in [0.05, 0.1) is 0 Å². The molecule has 0 radical (unpaired) electrons. The lowest BCUT2D eigenvalue weighted by atomic mass is 10.1. The SMILES string of the molecule is O=C1CCc2ccncc2CN1. The van der Waals surface area contributed by atoms with Crippen LogP contribution in [0.4, 0.5) is 0 Å². The van der Waals surface area contributed by atoms with Crippen molar-refractivity contribution in [3.8, 4) is 0 Å². The molecule has 1 amide bonds. The second-order valence-electron chi connectivity index (χ2n) is 2.92. The fraction of sp³-hybridized carbons (Fsp3) is 0.333. The van der Waals surface area contributed by atoms with Crippen molar-refractivity contribution in [3.05, 3.63) is 29.6 Å². The van der Waals surface area contributed by atoms with Gasteiger partial charge in [-0.3, -0.25) is 9.78 Å². The van der Waals surface area contributed by atoms with Crippen molar-refractivity contribution in [2.75, 3.05) is 0 Å². The zero-order valence-corrected chi connectivity index (χ0v) is 6.71. The van der Waals surface area contributed by atoms with E-state index in [9.17, 15) is 4.79 Å². The highest BCUT2D eigenvalue weighted by Crippen LogP contribution is 2.12. The molecule has 3 nitrogen and oxygen atoms in total. The summed E-state index contributed by atoms with van der Waals surface area (Å²) in [6, 6.07) is 1.98. The number of nitrogens with one attached hydrogen (secondary N) is 1. The molecule has 0 saturated carbocycles. The van der Waals surface area contributed by atoms with Gasteiger partial charge in [0, 0.05) is 25.4 Å². The Hall–Kier alpha value is -1.38. The Balaban J connectivity index is 2.32. The third-order valence-corrected chi connectivity index (χ3v) is 2.10. The molecule has 0 saturated heterocycles. The third-order valence-electron chi connectivity index (χ3n) is 2.10. The molecular weight excluding hydrogens is 152 g/mol. The number of amides is 1. The molecular formula is C9H10N2O. The topological polar surface area (TPSA) is 42.0 Å². The monoisotopic (exact) mass is 162 g/mol. The van der Waals surface area contributed by atoms with Gasteiger partial charge in [-0.25, -0.2) is 0 Å². The number of hydrogen-bond donors (Lipinski definition) is 1. The van der Waals surface area contributed by atoms with Gasteiger partial charge in [-0.05, 0) is 23.6 Å². The van der Waals surface area contributed by atoms with Crippen molar-refractivity contribution in [1.29, 1.82) is 0 Å². The summed E-state index contributed by atoms with van der Waals surface area (Å²) < 4.78 is 0. The van der Waals surface area contributed by atoms with E-state index in [2.05, 4.69) is 10.3 Å². The molecule has 1 aromatic heterocycles. The molecule has 1 aromatic rings. The summed E-state index contributed by atoms with van der Waals surface area (Å²) in [5, 5.41) is 2.82. The third kappa shape index (κ3) is 1.30. The molecule has 0 aliphatic carbocycles. The van der Waals surface area contributed by atoms with Gasteiger partial charge in [-0.15, -0.1) is 0 Å². The number of nitrogens with zero attached hydrogens (tertiary/aromatic N) is 1.